The second-order valence-electron chi connectivity index (χ2n) is 3.25. The number of ketones is 1. The number of hydrogen-bond donors (Lipinski definition) is 0. The van der Waals surface area contributed by atoms with E-state index in [-0.39, 0.29) is 5.78 Å². The molecule has 12 heavy (non-hydrogen) atoms. The zero-order chi connectivity index (χ0) is 8.60. The van der Waals surface area contributed by atoms with E-state index in [0.717, 1.165) is 0 Å². The SMILES string of the molecule is O=C1CCC2(C[C@H]1Cl)OCCO2. The monoisotopic (exact) mass is 190 g/mol. The van der Waals surface area contributed by atoms with Crippen LogP contribution in [0, 0.1) is 0 Å². The summed E-state index contributed by atoms with van der Waals surface area (Å²) in [6, 6.07) is 0. The highest BCUT2D eigenvalue weighted by molar-refractivity contribution is 6.31. The molecular formula is C8H11ClO3. The molecule has 1 aliphatic carbocycles. The molecule has 4 heteroatoms. The highest BCUT2D eigenvalue weighted by atomic mass is 35.5. The molecule has 2 fully saturated rings. The topological polar surface area (TPSA) is 35.5 Å². The van der Waals surface area contributed by atoms with Gasteiger partial charge in [-0.15, -0.1) is 11.6 Å². The molecule has 1 aliphatic heterocycles. The molecule has 0 unspecified atom stereocenters. The molecule has 68 valence electrons. The van der Waals surface area contributed by atoms with Crippen LogP contribution >= 0.6 is 11.6 Å². The van der Waals surface area contributed by atoms with Crippen molar-refractivity contribution in [1.29, 1.82) is 0 Å². The van der Waals surface area contributed by atoms with E-state index >= 15 is 0 Å². The quantitative estimate of drug-likeness (QED) is 0.537. The molecule has 0 amide bonds. The minimum Gasteiger partial charge on any atom is -0.347 e. The number of Topliss-reactive ketones (excluding diaryl/α,β-unsaturated/α-hetero) is 1. The molecule has 1 saturated carbocycles. The number of alkyl halides is 1. The molecule has 1 atom stereocenters. The van der Waals surface area contributed by atoms with Crippen LogP contribution in [-0.4, -0.2) is 30.2 Å². The Bertz CT molecular complexity index is 198. The standard InChI is InChI=1S/C8H11ClO3/c9-6-5-8(2-1-7(6)10)11-3-4-12-8/h6H,1-5H2/t6-/m1/s1. The lowest BCUT2D eigenvalue weighted by Crippen LogP contribution is -2.41. The summed E-state index contributed by atoms with van der Waals surface area (Å²) in [5.74, 6) is -0.415. The molecule has 0 aromatic heterocycles. The van der Waals surface area contributed by atoms with Gasteiger partial charge in [-0.25, -0.2) is 0 Å². The number of halogens is 1. The molecular weight excluding hydrogens is 180 g/mol. The van der Waals surface area contributed by atoms with Gasteiger partial charge in [0.15, 0.2) is 11.6 Å². The first kappa shape index (κ1) is 8.48. The molecule has 0 aromatic rings. The molecule has 2 aliphatic rings. The van der Waals surface area contributed by atoms with Crippen molar-refractivity contribution >= 4 is 17.4 Å². The molecule has 1 heterocycles. The lowest BCUT2D eigenvalue weighted by atomic mass is 9.93. The van der Waals surface area contributed by atoms with Gasteiger partial charge in [0.05, 0.1) is 18.6 Å². The molecule has 1 saturated heterocycles. The van der Waals surface area contributed by atoms with Crippen LogP contribution in [0.4, 0.5) is 0 Å². The Balaban J connectivity index is 2.05. The number of rotatable bonds is 0. The maximum atomic E-state index is 11.1. The van der Waals surface area contributed by atoms with Gasteiger partial charge in [-0.05, 0) is 0 Å². The van der Waals surface area contributed by atoms with Gasteiger partial charge >= 0.3 is 0 Å². The van der Waals surface area contributed by atoms with Gasteiger partial charge in [0.2, 0.25) is 0 Å². The molecule has 2 rings (SSSR count). The van der Waals surface area contributed by atoms with E-state index in [2.05, 4.69) is 0 Å². The average Bonchev–Trinajstić information content (AvgIpc) is 2.47. The third-order valence-electron chi connectivity index (χ3n) is 2.41. The van der Waals surface area contributed by atoms with Crippen LogP contribution in [0.15, 0.2) is 0 Å². The zero-order valence-electron chi connectivity index (χ0n) is 6.72. The molecule has 1 spiro atoms. The van der Waals surface area contributed by atoms with Gasteiger partial charge in [-0.3, -0.25) is 4.79 Å². The van der Waals surface area contributed by atoms with Gasteiger partial charge < -0.3 is 9.47 Å². The average molecular weight is 191 g/mol. The lowest BCUT2D eigenvalue weighted by molar-refractivity contribution is -0.179. The van der Waals surface area contributed by atoms with E-state index in [1.807, 2.05) is 0 Å². The first-order chi connectivity index (χ1) is 5.72. The zero-order valence-corrected chi connectivity index (χ0v) is 7.47. The van der Waals surface area contributed by atoms with E-state index in [1.165, 1.54) is 0 Å². The number of carbonyl (C=O) groups is 1. The van der Waals surface area contributed by atoms with E-state index in [4.69, 9.17) is 21.1 Å². The second kappa shape index (κ2) is 2.98. The van der Waals surface area contributed by atoms with E-state index in [9.17, 15) is 4.79 Å². The Labute approximate surface area is 76.0 Å². The Hall–Kier alpha value is -0.120. The molecule has 0 N–H and O–H groups in total. The maximum Gasteiger partial charge on any atom is 0.170 e. The van der Waals surface area contributed by atoms with E-state index in [0.29, 0.717) is 32.5 Å². The van der Waals surface area contributed by atoms with Gasteiger partial charge in [-0.2, -0.15) is 0 Å². The predicted octanol–water partition coefficient (Wildman–Crippen LogP) is 1.09. The van der Waals surface area contributed by atoms with Crippen LogP contribution in [0.3, 0.4) is 0 Å². The van der Waals surface area contributed by atoms with Crippen molar-refractivity contribution in [2.75, 3.05) is 13.2 Å². The van der Waals surface area contributed by atoms with Gasteiger partial charge in [0, 0.05) is 19.3 Å². The van der Waals surface area contributed by atoms with Gasteiger partial charge in [0.25, 0.3) is 0 Å². The second-order valence-corrected chi connectivity index (χ2v) is 3.77. The summed E-state index contributed by atoms with van der Waals surface area (Å²) in [7, 11) is 0. The summed E-state index contributed by atoms with van der Waals surface area (Å²) in [5, 5.41) is -0.420. The van der Waals surface area contributed by atoms with Gasteiger partial charge in [0.1, 0.15) is 0 Å². The van der Waals surface area contributed by atoms with Crippen molar-refractivity contribution in [3.8, 4) is 0 Å². The van der Waals surface area contributed by atoms with Crippen molar-refractivity contribution in [2.24, 2.45) is 0 Å². The Morgan fingerprint density at radius 1 is 1.42 bits per heavy atom. The summed E-state index contributed by atoms with van der Waals surface area (Å²) >= 11 is 5.83. The van der Waals surface area contributed by atoms with Crippen LogP contribution in [0.5, 0.6) is 0 Å². The summed E-state index contributed by atoms with van der Waals surface area (Å²) in [6.45, 7) is 1.25. The Morgan fingerprint density at radius 2 is 2.08 bits per heavy atom. The Morgan fingerprint density at radius 3 is 2.67 bits per heavy atom. The first-order valence-electron chi connectivity index (χ1n) is 4.17. The van der Waals surface area contributed by atoms with Crippen LogP contribution < -0.4 is 0 Å². The molecule has 3 nitrogen and oxygen atoms in total. The number of ether oxygens (including phenoxy) is 2. The third-order valence-corrected chi connectivity index (χ3v) is 2.80. The first-order valence-corrected chi connectivity index (χ1v) is 4.60. The van der Waals surface area contributed by atoms with Crippen molar-refractivity contribution < 1.29 is 14.3 Å². The smallest absolute Gasteiger partial charge is 0.170 e. The highest BCUT2D eigenvalue weighted by Gasteiger charge is 2.43. The molecule has 0 bridgehead atoms. The summed E-state index contributed by atoms with van der Waals surface area (Å²) in [6.07, 6.45) is 1.65. The van der Waals surface area contributed by atoms with Crippen LogP contribution in [0.2, 0.25) is 0 Å². The fraction of sp³-hybridized carbons (Fsp3) is 0.875. The Kier molecular flexibility index (Phi) is 2.10. The predicted molar refractivity (Wildman–Crippen MR) is 43.1 cm³/mol. The molecule has 0 aromatic carbocycles. The van der Waals surface area contributed by atoms with Crippen molar-refractivity contribution in [3.63, 3.8) is 0 Å². The van der Waals surface area contributed by atoms with E-state index in [1.54, 1.807) is 0 Å². The maximum absolute atomic E-state index is 11.1. The fourth-order valence-electron chi connectivity index (χ4n) is 1.72. The number of carbonyl (C=O) groups excluding carboxylic acids is 1. The minimum atomic E-state index is -0.527. The van der Waals surface area contributed by atoms with Crippen molar-refractivity contribution in [2.45, 2.75) is 30.4 Å². The van der Waals surface area contributed by atoms with Crippen LogP contribution in [0.25, 0.3) is 0 Å². The normalized spacial score (nSPS) is 34.4. The van der Waals surface area contributed by atoms with Crippen molar-refractivity contribution in [3.05, 3.63) is 0 Å². The van der Waals surface area contributed by atoms with Crippen LogP contribution in [0.1, 0.15) is 19.3 Å². The third kappa shape index (κ3) is 1.37. The van der Waals surface area contributed by atoms with Gasteiger partial charge in [-0.1, -0.05) is 0 Å². The molecule has 0 radical (unpaired) electrons. The fourth-order valence-corrected chi connectivity index (χ4v) is 2.06. The number of hydrogen-bond acceptors (Lipinski definition) is 3. The summed E-state index contributed by atoms with van der Waals surface area (Å²) < 4.78 is 10.9. The highest BCUT2D eigenvalue weighted by Crippen LogP contribution is 2.36. The van der Waals surface area contributed by atoms with Crippen molar-refractivity contribution in [1.82, 2.24) is 0 Å². The largest absolute Gasteiger partial charge is 0.347 e. The van der Waals surface area contributed by atoms with E-state index < -0.39 is 11.2 Å². The van der Waals surface area contributed by atoms with Crippen LogP contribution in [-0.2, 0) is 14.3 Å². The summed E-state index contributed by atoms with van der Waals surface area (Å²) in [4.78, 5) is 11.1. The lowest BCUT2D eigenvalue weighted by Gasteiger charge is -2.32. The minimum absolute atomic E-state index is 0.112. The summed E-state index contributed by atoms with van der Waals surface area (Å²) in [5.41, 5.74) is 0.